The van der Waals surface area contributed by atoms with Crippen LogP contribution in [0.3, 0.4) is 0 Å². The Morgan fingerprint density at radius 2 is 2.11 bits per heavy atom. The van der Waals surface area contributed by atoms with Crippen molar-refractivity contribution in [2.45, 2.75) is 38.2 Å². The number of fused-ring (bicyclic) bond motifs is 1. The predicted molar refractivity (Wildman–Crippen MR) is 78.1 cm³/mol. The maximum atomic E-state index is 9.83. The van der Waals surface area contributed by atoms with Crippen LogP contribution in [0, 0.1) is 0 Å². The Morgan fingerprint density at radius 1 is 1.22 bits per heavy atom. The van der Waals surface area contributed by atoms with Gasteiger partial charge in [-0.1, -0.05) is 36.3 Å². The van der Waals surface area contributed by atoms with Crippen LogP contribution in [0.5, 0.6) is 0 Å². The molecule has 0 saturated carbocycles. The summed E-state index contributed by atoms with van der Waals surface area (Å²) in [5.41, 5.74) is 2.82. The third kappa shape index (κ3) is 2.50. The van der Waals surface area contributed by atoms with Crippen molar-refractivity contribution in [3.63, 3.8) is 0 Å². The molecule has 0 fully saturated rings. The number of aliphatic hydroxyl groups is 1. The van der Waals surface area contributed by atoms with E-state index in [0.29, 0.717) is 0 Å². The quantitative estimate of drug-likeness (QED) is 0.796. The summed E-state index contributed by atoms with van der Waals surface area (Å²) in [5.74, 6) is 0. The zero-order valence-corrected chi connectivity index (χ0v) is 11.2. The van der Waals surface area contributed by atoms with Gasteiger partial charge in [-0.2, -0.15) is 0 Å². The van der Waals surface area contributed by atoms with Crippen molar-refractivity contribution >= 4 is 21.4 Å². The van der Waals surface area contributed by atoms with Crippen LogP contribution in [0.1, 0.15) is 31.2 Å². The van der Waals surface area contributed by atoms with Gasteiger partial charge in [-0.05, 0) is 48.1 Å². The van der Waals surface area contributed by atoms with Crippen LogP contribution in [0.4, 0.5) is 0 Å². The summed E-state index contributed by atoms with van der Waals surface area (Å²) in [6.07, 6.45) is 7.28. The van der Waals surface area contributed by atoms with Gasteiger partial charge in [0.05, 0.1) is 6.10 Å². The van der Waals surface area contributed by atoms with Crippen LogP contribution in [-0.4, -0.2) is 11.2 Å². The number of allylic oxidation sites excluding steroid dienone is 1. The van der Waals surface area contributed by atoms with E-state index in [1.165, 1.54) is 27.6 Å². The van der Waals surface area contributed by atoms with Crippen LogP contribution in [0.25, 0.3) is 10.1 Å². The van der Waals surface area contributed by atoms with Crippen LogP contribution >= 0.6 is 11.3 Å². The maximum Gasteiger partial charge on any atom is 0.0723 e. The van der Waals surface area contributed by atoms with E-state index in [1.807, 2.05) is 11.3 Å². The minimum Gasteiger partial charge on any atom is -0.389 e. The minimum atomic E-state index is -0.229. The second kappa shape index (κ2) is 5.25. The van der Waals surface area contributed by atoms with E-state index in [1.54, 1.807) is 0 Å². The number of rotatable bonds is 2. The van der Waals surface area contributed by atoms with Crippen molar-refractivity contribution in [3.8, 4) is 0 Å². The first-order chi connectivity index (χ1) is 8.83. The molecular weight excluding hydrogens is 240 g/mol. The van der Waals surface area contributed by atoms with Gasteiger partial charge in [0.1, 0.15) is 0 Å². The normalized spacial score (nSPS) is 20.7. The van der Waals surface area contributed by atoms with Gasteiger partial charge in [-0.3, -0.25) is 0 Å². The van der Waals surface area contributed by atoms with E-state index in [4.69, 9.17) is 0 Å². The largest absolute Gasteiger partial charge is 0.389 e. The lowest BCUT2D eigenvalue weighted by Gasteiger charge is -2.05. The molecule has 0 amide bonds. The van der Waals surface area contributed by atoms with Gasteiger partial charge < -0.3 is 5.11 Å². The van der Waals surface area contributed by atoms with Crippen molar-refractivity contribution in [3.05, 3.63) is 46.9 Å². The van der Waals surface area contributed by atoms with E-state index in [9.17, 15) is 5.11 Å². The molecule has 1 aliphatic rings. The molecule has 0 saturated heterocycles. The summed E-state index contributed by atoms with van der Waals surface area (Å²) in [6.45, 7) is 0. The second-order valence-corrected chi connectivity index (χ2v) is 5.98. The van der Waals surface area contributed by atoms with E-state index >= 15 is 0 Å². The first-order valence-electron chi connectivity index (χ1n) is 6.65. The summed E-state index contributed by atoms with van der Waals surface area (Å²) in [7, 11) is 0. The van der Waals surface area contributed by atoms with Gasteiger partial charge in [0.15, 0.2) is 0 Å². The van der Waals surface area contributed by atoms with Crippen molar-refractivity contribution < 1.29 is 5.11 Å². The molecule has 94 valence electrons. The monoisotopic (exact) mass is 258 g/mol. The maximum absolute atomic E-state index is 9.83. The summed E-state index contributed by atoms with van der Waals surface area (Å²) in [6, 6.07) is 8.58. The van der Waals surface area contributed by atoms with Crippen LogP contribution in [0.2, 0.25) is 0 Å². The molecule has 1 nitrogen and oxygen atoms in total. The van der Waals surface area contributed by atoms with Crippen LogP contribution in [0.15, 0.2) is 41.3 Å². The Labute approximate surface area is 112 Å². The summed E-state index contributed by atoms with van der Waals surface area (Å²) in [4.78, 5) is 0. The Balaban J connectivity index is 1.87. The van der Waals surface area contributed by atoms with E-state index in [2.05, 4.69) is 35.7 Å². The number of benzene rings is 1. The second-order valence-electron chi connectivity index (χ2n) is 5.07. The molecule has 0 spiro atoms. The van der Waals surface area contributed by atoms with Crippen molar-refractivity contribution in [1.29, 1.82) is 0 Å². The molecule has 0 bridgehead atoms. The molecule has 1 aliphatic carbocycles. The molecule has 0 radical (unpaired) electrons. The van der Waals surface area contributed by atoms with E-state index < -0.39 is 0 Å². The molecule has 3 rings (SSSR count). The summed E-state index contributed by atoms with van der Waals surface area (Å²) in [5, 5.41) is 13.5. The molecule has 2 heteroatoms. The van der Waals surface area contributed by atoms with Crippen molar-refractivity contribution in [1.82, 2.24) is 0 Å². The Kier molecular flexibility index (Phi) is 3.48. The molecule has 1 aromatic carbocycles. The lowest BCUT2D eigenvalue weighted by Crippen LogP contribution is -2.01. The molecular formula is C16H18OS. The van der Waals surface area contributed by atoms with E-state index in [0.717, 1.165) is 25.7 Å². The first kappa shape index (κ1) is 11.9. The lowest BCUT2D eigenvalue weighted by molar-refractivity contribution is 0.211. The smallest absolute Gasteiger partial charge is 0.0723 e. The number of aliphatic hydroxyl groups excluding tert-OH is 1. The van der Waals surface area contributed by atoms with Gasteiger partial charge in [-0.25, -0.2) is 0 Å². The molecule has 1 unspecified atom stereocenters. The van der Waals surface area contributed by atoms with Gasteiger partial charge >= 0.3 is 0 Å². The lowest BCUT2D eigenvalue weighted by atomic mass is 10.0. The number of thiophene rings is 1. The molecule has 1 aromatic heterocycles. The van der Waals surface area contributed by atoms with Crippen LogP contribution < -0.4 is 0 Å². The number of hydrogen-bond acceptors (Lipinski definition) is 2. The average Bonchev–Trinajstić information content (AvgIpc) is 2.66. The molecule has 1 atom stereocenters. The fraction of sp³-hybridized carbons (Fsp3) is 0.375. The summed E-state index contributed by atoms with van der Waals surface area (Å²) >= 11 is 1.82. The first-order valence-corrected chi connectivity index (χ1v) is 7.53. The Bertz CT molecular complexity index is 567. The Hall–Kier alpha value is -1.12. The number of hydrogen-bond donors (Lipinski definition) is 1. The molecule has 1 heterocycles. The highest BCUT2D eigenvalue weighted by molar-refractivity contribution is 7.17. The van der Waals surface area contributed by atoms with E-state index in [-0.39, 0.29) is 6.10 Å². The van der Waals surface area contributed by atoms with Gasteiger partial charge in [0.25, 0.3) is 0 Å². The van der Waals surface area contributed by atoms with Gasteiger partial charge in [0.2, 0.25) is 0 Å². The van der Waals surface area contributed by atoms with Crippen molar-refractivity contribution in [2.24, 2.45) is 0 Å². The highest BCUT2D eigenvalue weighted by Gasteiger charge is 2.11. The standard InChI is InChI=1S/C16H18OS/c17-14-6-2-1-5-12(10-14)9-13-11-18-16-8-4-3-7-15(13)16/h3-4,7-8,10-11,14,17H,1-2,5-6,9H2. The third-order valence-corrected chi connectivity index (χ3v) is 4.67. The minimum absolute atomic E-state index is 0.229. The average molecular weight is 258 g/mol. The topological polar surface area (TPSA) is 20.2 Å². The van der Waals surface area contributed by atoms with Crippen LogP contribution in [-0.2, 0) is 6.42 Å². The fourth-order valence-electron chi connectivity index (χ4n) is 2.71. The van der Waals surface area contributed by atoms with Gasteiger partial charge in [-0.15, -0.1) is 11.3 Å². The van der Waals surface area contributed by atoms with Gasteiger partial charge in [0, 0.05) is 4.70 Å². The Morgan fingerprint density at radius 3 is 3.06 bits per heavy atom. The molecule has 18 heavy (non-hydrogen) atoms. The fourth-order valence-corrected chi connectivity index (χ4v) is 3.67. The predicted octanol–water partition coefficient (Wildman–Crippen LogP) is 4.31. The third-order valence-electron chi connectivity index (χ3n) is 3.65. The zero-order chi connectivity index (χ0) is 12.4. The summed E-state index contributed by atoms with van der Waals surface area (Å²) < 4.78 is 1.36. The molecule has 2 aromatic rings. The molecule has 0 aliphatic heterocycles. The molecule has 1 N–H and O–H groups in total. The highest BCUT2D eigenvalue weighted by atomic mass is 32.1. The zero-order valence-electron chi connectivity index (χ0n) is 10.4. The SMILES string of the molecule is OC1C=C(Cc2csc3ccccc23)CCCC1. The van der Waals surface area contributed by atoms with Crippen molar-refractivity contribution in [2.75, 3.05) is 0 Å². The highest BCUT2D eigenvalue weighted by Crippen LogP contribution is 2.29.